The van der Waals surface area contributed by atoms with E-state index in [4.69, 9.17) is 4.74 Å². The minimum Gasteiger partial charge on any atom is -0.453 e. The summed E-state index contributed by atoms with van der Waals surface area (Å²) in [5, 5.41) is 0. The van der Waals surface area contributed by atoms with Crippen LogP contribution in [0.15, 0.2) is 41.4 Å². The van der Waals surface area contributed by atoms with Crippen molar-refractivity contribution < 1.29 is 17.9 Å². The molecule has 27 heavy (non-hydrogen) atoms. The van der Waals surface area contributed by atoms with Crippen molar-refractivity contribution >= 4 is 21.7 Å². The molecule has 1 aliphatic heterocycles. The van der Waals surface area contributed by atoms with E-state index in [1.54, 1.807) is 25.3 Å². The maximum Gasteiger partial charge on any atom is 0.263 e. The van der Waals surface area contributed by atoms with Crippen LogP contribution in [0.25, 0.3) is 0 Å². The highest BCUT2D eigenvalue weighted by molar-refractivity contribution is 7.89. The van der Waals surface area contributed by atoms with Crippen LogP contribution < -0.4 is 14.4 Å². The number of carbonyl (C=O) groups excluding carboxylic acids is 1. The summed E-state index contributed by atoms with van der Waals surface area (Å²) in [6.07, 6.45) is 2.99. The molecule has 1 amide bonds. The number of nitrogens with one attached hydrogen (secondary N) is 1. The second-order valence-electron chi connectivity index (χ2n) is 6.47. The molecule has 0 unspecified atom stereocenters. The van der Waals surface area contributed by atoms with Crippen molar-refractivity contribution in [1.29, 1.82) is 0 Å². The third-order valence-corrected chi connectivity index (χ3v) is 5.97. The largest absolute Gasteiger partial charge is 0.453 e. The lowest BCUT2D eigenvalue weighted by molar-refractivity contribution is 0.0986. The van der Waals surface area contributed by atoms with Crippen molar-refractivity contribution in [2.45, 2.75) is 44.6 Å². The van der Waals surface area contributed by atoms with E-state index in [1.165, 1.54) is 23.1 Å². The Balaban J connectivity index is 2.08. The normalized spacial score (nSPS) is 14.8. The molecule has 1 atom stereocenters. The summed E-state index contributed by atoms with van der Waals surface area (Å²) < 4.78 is 33.7. The molecule has 0 spiro atoms. The van der Waals surface area contributed by atoms with Gasteiger partial charge in [-0.05, 0) is 50.1 Å². The van der Waals surface area contributed by atoms with Gasteiger partial charge >= 0.3 is 0 Å². The predicted octanol–water partition coefficient (Wildman–Crippen LogP) is 3.32. The summed E-state index contributed by atoms with van der Waals surface area (Å²) in [4.78, 5) is 19.0. The maximum absolute atomic E-state index is 13.1. The molecule has 144 valence electrons. The number of sulfonamides is 1. The van der Waals surface area contributed by atoms with Gasteiger partial charge in [0.15, 0.2) is 11.6 Å². The van der Waals surface area contributed by atoms with Crippen LogP contribution in [0.3, 0.4) is 0 Å². The number of carbonyl (C=O) groups is 1. The Morgan fingerprint density at radius 3 is 2.70 bits per heavy atom. The molecule has 7 nitrogen and oxygen atoms in total. The Labute approximate surface area is 159 Å². The summed E-state index contributed by atoms with van der Waals surface area (Å²) in [6.45, 7) is 6.10. The van der Waals surface area contributed by atoms with E-state index in [9.17, 15) is 13.2 Å². The number of ether oxygens (including phenoxy) is 1. The average molecular weight is 389 g/mol. The number of benzene rings is 1. The van der Waals surface area contributed by atoms with Gasteiger partial charge in [0, 0.05) is 18.8 Å². The highest BCUT2D eigenvalue weighted by Gasteiger charge is 2.30. The molecule has 1 aliphatic rings. The van der Waals surface area contributed by atoms with Crippen LogP contribution in [0.5, 0.6) is 11.5 Å². The average Bonchev–Trinajstić information content (AvgIpc) is 2.76. The number of hydrogen-bond acceptors (Lipinski definition) is 5. The fourth-order valence-electron chi connectivity index (χ4n) is 2.80. The first-order chi connectivity index (χ1) is 12.9. The topological polar surface area (TPSA) is 88.6 Å². The zero-order chi connectivity index (χ0) is 19.6. The number of pyridine rings is 1. The molecule has 1 aromatic carbocycles. The molecule has 8 heteroatoms. The van der Waals surface area contributed by atoms with Crippen molar-refractivity contribution in [2.24, 2.45) is 0 Å². The van der Waals surface area contributed by atoms with Crippen LogP contribution in [0.1, 0.15) is 44.0 Å². The molecule has 0 saturated carbocycles. The summed E-state index contributed by atoms with van der Waals surface area (Å²) >= 11 is 0. The smallest absolute Gasteiger partial charge is 0.263 e. The lowest BCUT2D eigenvalue weighted by Crippen LogP contribution is -2.33. The van der Waals surface area contributed by atoms with Gasteiger partial charge in [-0.15, -0.1) is 0 Å². The third-order valence-electron chi connectivity index (χ3n) is 4.38. The molecular formula is C19H23N3O4S. The van der Waals surface area contributed by atoms with E-state index >= 15 is 0 Å². The third kappa shape index (κ3) is 3.81. The minimum atomic E-state index is -3.73. The molecule has 0 aliphatic carbocycles. The van der Waals surface area contributed by atoms with Gasteiger partial charge < -0.3 is 4.74 Å². The SMILES string of the molecule is CCCN1C(=O)c2cc(S(=O)(=O)N[C@H](C)CC)ccc2Oc2cccnc21. The monoisotopic (exact) mass is 389 g/mol. The molecular weight excluding hydrogens is 366 g/mol. The minimum absolute atomic E-state index is 0.0360. The summed E-state index contributed by atoms with van der Waals surface area (Å²) in [6, 6.07) is 7.60. The van der Waals surface area contributed by atoms with Gasteiger partial charge in [0.05, 0.1) is 10.5 Å². The van der Waals surface area contributed by atoms with E-state index in [0.29, 0.717) is 30.3 Å². The number of aromatic nitrogens is 1. The van der Waals surface area contributed by atoms with Crippen LogP contribution in [-0.4, -0.2) is 31.9 Å². The standard InChI is InChI=1S/C19H23N3O4S/c1-4-11-22-18-17(7-6-10-20-18)26-16-9-8-14(12-15(16)19(22)23)27(24,25)21-13(3)5-2/h6-10,12-13,21H,4-5,11H2,1-3H3/t13-/m1/s1. The van der Waals surface area contributed by atoms with Gasteiger partial charge in [-0.25, -0.2) is 18.1 Å². The Bertz CT molecular complexity index is 959. The molecule has 0 bridgehead atoms. The predicted molar refractivity (Wildman–Crippen MR) is 103 cm³/mol. The number of anilines is 1. The van der Waals surface area contributed by atoms with E-state index in [1.807, 2.05) is 13.8 Å². The van der Waals surface area contributed by atoms with Gasteiger partial charge in [-0.3, -0.25) is 9.69 Å². The van der Waals surface area contributed by atoms with Gasteiger partial charge in [-0.2, -0.15) is 0 Å². The van der Waals surface area contributed by atoms with Crippen molar-refractivity contribution in [3.8, 4) is 11.5 Å². The van der Waals surface area contributed by atoms with E-state index in [0.717, 1.165) is 6.42 Å². The van der Waals surface area contributed by atoms with Crippen molar-refractivity contribution in [1.82, 2.24) is 9.71 Å². The Hall–Kier alpha value is -2.45. The van der Waals surface area contributed by atoms with Crippen LogP contribution in [-0.2, 0) is 10.0 Å². The van der Waals surface area contributed by atoms with E-state index < -0.39 is 10.0 Å². The second kappa shape index (κ2) is 7.66. The highest BCUT2D eigenvalue weighted by atomic mass is 32.2. The van der Waals surface area contributed by atoms with Crippen LogP contribution >= 0.6 is 0 Å². The molecule has 2 aromatic rings. The molecule has 0 saturated heterocycles. The molecule has 3 rings (SSSR count). The zero-order valence-electron chi connectivity index (χ0n) is 15.6. The first kappa shape index (κ1) is 19.3. The summed E-state index contributed by atoms with van der Waals surface area (Å²) in [5.41, 5.74) is 0.202. The van der Waals surface area contributed by atoms with Crippen LogP contribution in [0, 0.1) is 0 Å². The number of hydrogen-bond donors (Lipinski definition) is 1. The van der Waals surface area contributed by atoms with Gasteiger partial charge in [-0.1, -0.05) is 13.8 Å². The number of fused-ring (bicyclic) bond motifs is 2. The first-order valence-corrected chi connectivity index (χ1v) is 10.5. The fraction of sp³-hybridized carbons (Fsp3) is 0.368. The molecule has 1 aromatic heterocycles. The van der Waals surface area contributed by atoms with Crippen molar-refractivity contribution in [3.63, 3.8) is 0 Å². The Morgan fingerprint density at radius 1 is 1.22 bits per heavy atom. The van der Waals surface area contributed by atoms with Crippen LogP contribution in [0.4, 0.5) is 5.82 Å². The summed E-state index contributed by atoms with van der Waals surface area (Å²) in [7, 11) is -3.73. The second-order valence-corrected chi connectivity index (χ2v) is 8.19. The zero-order valence-corrected chi connectivity index (χ0v) is 16.4. The lowest BCUT2D eigenvalue weighted by atomic mass is 10.1. The Morgan fingerprint density at radius 2 is 2.00 bits per heavy atom. The Kier molecular flexibility index (Phi) is 5.48. The lowest BCUT2D eigenvalue weighted by Gasteiger charge is -2.20. The molecule has 1 N–H and O–H groups in total. The number of amides is 1. The molecule has 0 fully saturated rings. The summed E-state index contributed by atoms with van der Waals surface area (Å²) in [5.74, 6) is 0.884. The van der Waals surface area contributed by atoms with E-state index in [-0.39, 0.29) is 22.4 Å². The first-order valence-electron chi connectivity index (χ1n) is 8.98. The van der Waals surface area contributed by atoms with Gasteiger partial charge in [0.25, 0.3) is 5.91 Å². The quantitative estimate of drug-likeness (QED) is 0.819. The fourth-order valence-corrected chi connectivity index (χ4v) is 4.16. The number of rotatable bonds is 6. The number of nitrogens with zero attached hydrogens (tertiary/aromatic N) is 2. The van der Waals surface area contributed by atoms with Gasteiger partial charge in [0.1, 0.15) is 5.75 Å². The van der Waals surface area contributed by atoms with Crippen LogP contribution in [0.2, 0.25) is 0 Å². The van der Waals surface area contributed by atoms with Gasteiger partial charge in [0.2, 0.25) is 10.0 Å². The molecule has 2 heterocycles. The maximum atomic E-state index is 13.1. The van der Waals surface area contributed by atoms with Crippen molar-refractivity contribution in [3.05, 3.63) is 42.1 Å². The van der Waals surface area contributed by atoms with Crippen molar-refractivity contribution in [2.75, 3.05) is 11.4 Å². The molecule has 0 radical (unpaired) electrons. The van der Waals surface area contributed by atoms with E-state index in [2.05, 4.69) is 9.71 Å². The highest BCUT2D eigenvalue weighted by Crippen LogP contribution is 2.38.